The first-order valence-electron chi connectivity index (χ1n) is 8.54. The number of hydrogen-bond acceptors (Lipinski definition) is 2. The van der Waals surface area contributed by atoms with E-state index in [0.717, 1.165) is 44.0 Å². The van der Waals surface area contributed by atoms with E-state index in [2.05, 4.69) is 17.0 Å². The maximum Gasteiger partial charge on any atom is 0.222 e. The Kier molecular flexibility index (Phi) is 5.76. The van der Waals surface area contributed by atoms with Crippen LogP contribution in [0.15, 0.2) is 54.6 Å². The highest BCUT2D eigenvalue weighted by molar-refractivity contribution is 6.30. The van der Waals surface area contributed by atoms with Crippen LogP contribution in [-0.2, 0) is 11.2 Å². The Morgan fingerprint density at radius 1 is 0.917 bits per heavy atom. The molecule has 1 aliphatic heterocycles. The van der Waals surface area contributed by atoms with Gasteiger partial charge in [0.1, 0.15) is 0 Å². The van der Waals surface area contributed by atoms with Crippen molar-refractivity contribution in [3.8, 4) is 0 Å². The Bertz CT molecular complexity index is 649. The molecule has 2 aromatic rings. The number of carbonyl (C=O) groups excluding carboxylic acids is 1. The number of rotatable bonds is 5. The summed E-state index contributed by atoms with van der Waals surface area (Å²) in [4.78, 5) is 16.7. The number of nitrogens with zero attached hydrogens (tertiary/aromatic N) is 2. The van der Waals surface area contributed by atoms with Crippen LogP contribution >= 0.6 is 11.6 Å². The lowest BCUT2D eigenvalue weighted by atomic mass is 10.1. The first-order valence-corrected chi connectivity index (χ1v) is 8.92. The molecule has 4 heteroatoms. The number of anilines is 1. The van der Waals surface area contributed by atoms with Crippen molar-refractivity contribution in [2.24, 2.45) is 0 Å². The van der Waals surface area contributed by atoms with Crippen molar-refractivity contribution >= 4 is 23.2 Å². The number of halogens is 1. The summed E-state index contributed by atoms with van der Waals surface area (Å²) in [5.74, 6) is 0.279. The fourth-order valence-electron chi connectivity index (χ4n) is 3.11. The Morgan fingerprint density at radius 2 is 1.58 bits per heavy atom. The lowest BCUT2D eigenvalue weighted by Gasteiger charge is -2.36. The van der Waals surface area contributed by atoms with Gasteiger partial charge < -0.3 is 9.80 Å². The maximum absolute atomic E-state index is 12.4. The standard InChI is InChI=1S/C20H23ClN2O/c21-18-9-11-19(12-10-18)22-13-15-23(16-14-22)20(24)8-4-7-17-5-2-1-3-6-17/h1-3,5-6,9-12H,4,7-8,13-16H2. The van der Waals surface area contributed by atoms with E-state index in [0.29, 0.717) is 6.42 Å². The van der Waals surface area contributed by atoms with Gasteiger partial charge in [0.2, 0.25) is 5.91 Å². The molecule has 0 radical (unpaired) electrons. The number of amides is 1. The normalized spacial score (nSPS) is 14.7. The zero-order chi connectivity index (χ0) is 16.8. The second-order valence-corrected chi connectivity index (χ2v) is 6.62. The Hall–Kier alpha value is -2.00. The molecular formula is C20H23ClN2O. The van der Waals surface area contributed by atoms with Crippen LogP contribution in [0.5, 0.6) is 0 Å². The van der Waals surface area contributed by atoms with Gasteiger partial charge in [0.05, 0.1) is 0 Å². The van der Waals surface area contributed by atoms with Crippen molar-refractivity contribution in [2.45, 2.75) is 19.3 Å². The van der Waals surface area contributed by atoms with E-state index in [4.69, 9.17) is 11.6 Å². The molecule has 0 aliphatic carbocycles. The van der Waals surface area contributed by atoms with Gasteiger partial charge in [0.15, 0.2) is 0 Å². The largest absolute Gasteiger partial charge is 0.368 e. The van der Waals surface area contributed by atoms with E-state index in [1.807, 2.05) is 47.4 Å². The smallest absolute Gasteiger partial charge is 0.222 e. The molecule has 0 aromatic heterocycles. The fraction of sp³-hybridized carbons (Fsp3) is 0.350. The van der Waals surface area contributed by atoms with Crippen molar-refractivity contribution in [1.29, 1.82) is 0 Å². The molecular weight excluding hydrogens is 320 g/mol. The molecule has 1 saturated heterocycles. The van der Waals surface area contributed by atoms with E-state index in [1.54, 1.807) is 0 Å². The minimum absolute atomic E-state index is 0.279. The molecule has 1 heterocycles. The topological polar surface area (TPSA) is 23.6 Å². The van der Waals surface area contributed by atoms with E-state index >= 15 is 0 Å². The molecule has 0 N–H and O–H groups in total. The van der Waals surface area contributed by atoms with Crippen LogP contribution in [-0.4, -0.2) is 37.0 Å². The summed E-state index contributed by atoms with van der Waals surface area (Å²) in [5.41, 5.74) is 2.48. The summed E-state index contributed by atoms with van der Waals surface area (Å²) in [7, 11) is 0. The van der Waals surface area contributed by atoms with Crippen LogP contribution in [0.4, 0.5) is 5.69 Å². The highest BCUT2D eigenvalue weighted by atomic mass is 35.5. The summed E-state index contributed by atoms with van der Waals surface area (Å²) in [6.07, 6.45) is 2.52. The van der Waals surface area contributed by atoms with Gasteiger partial charge in [0.25, 0.3) is 0 Å². The van der Waals surface area contributed by atoms with E-state index in [-0.39, 0.29) is 5.91 Å². The molecule has 126 valence electrons. The van der Waals surface area contributed by atoms with Crippen molar-refractivity contribution < 1.29 is 4.79 Å². The summed E-state index contributed by atoms with van der Waals surface area (Å²) in [5, 5.41) is 0.756. The quantitative estimate of drug-likeness (QED) is 0.819. The van der Waals surface area contributed by atoms with Crippen LogP contribution in [0.3, 0.4) is 0 Å². The predicted octanol–water partition coefficient (Wildman–Crippen LogP) is 4.01. The van der Waals surface area contributed by atoms with E-state index in [1.165, 1.54) is 11.3 Å². The fourth-order valence-corrected chi connectivity index (χ4v) is 3.24. The first kappa shape index (κ1) is 16.8. The van der Waals surface area contributed by atoms with Gasteiger partial charge in [0, 0.05) is 43.3 Å². The zero-order valence-electron chi connectivity index (χ0n) is 13.8. The predicted molar refractivity (Wildman–Crippen MR) is 99.6 cm³/mol. The average molecular weight is 343 g/mol. The minimum Gasteiger partial charge on any atom is -0.368 e. The van der Waals surface area contributed by atoms with E-state index < -0.39 is 0 Å². The molecule has 0 atom stereocenters. The van der Waals surface area contributed by atoms with Gasteiger partial charge in [-0.25, -0.2) is 0 Å². The average Bonchev–Trinajstić information content (AvgIpc) is 2.63. The van der Waals surface area contributed by atoms with Gasteiger partial charge in [-0.15, -0.1) is 0 Å². The third kappa shape index (κ3) is 4.51. The van der Waals surface area contributed by atoms with E-state index in [9.17, 15) is 4.79 Å². The first-order chi connectivity index (χ1) is 11.7. The zero-order valence-corrected chi connectivity index (χ0v) is 14.6. The summed E-state index contributed by atoms with van der Waals surface area (Å²) >= 11 is 5.94. The molecule has 1 amide bonds. The highest BCUT2D eigenvalue weighted by Crippen LogP contribution is 2.19. The lowest BCUT2D eigenvalue weighted by Crippen LogP contribution is -2.48. The van der Waals surface area contributed by atoms with Crippen LogP contribution in [0, 0.1) is 0 Å². The highest BCUT2D eigenvalue weighted by Gasteiger charge is 2.20. The molecule has 2 aromatic carbocycles. The number of piperazine rings is 1. The molecule has 24 heavy (non-hydrogen) atoms. The second-order valence-electron chi connectivity index (χ2n) is 6.18. The van der Waals surface area contributed by atoms with Crippen molar-refractivity contribution in [3.05, 3.63) is 65.2 Å². The summed E-state index contributed by atoms with van der Waals surface area (Å²) in [6.45, 7) is 3.36. The van der Waals surface area contributed by atoms with Crippen LogP contribution < -0.4 is 4.90 Å². The molecule has 1 aliphatic rings. The van der Waals surface area contributed by atoms with Crippen molar-refractivity contribution in [3.63, 3.8) is 0 Å². The van der Waals surface area contributed by atoms with Crippen molar-refractivity contribution in [1.82, 2.24) is 4.90 Å². The van der Waals surface area contributed by atoms with Gasteiger partial charge >= 0.3 is 0 Å². The minimum atomic E-state index is 0.279. The molecule has 1 fully saturated rings. The number of carbonyl (C=O) groups is 1. The molecule has 3 rings (SSSR count). The Balaban J connectivity index is 1.42. The lowest BCUT2D eigenvalue weighted by molar-refractivity contribution is -0.131. The Labute approximate surface area is 148 Å². The molecule has 0 spiro atoms. The van der Waals surface area contributed by atoms with Crippen molar-refractivity contribution in [2.75, 3.05) is 31.1 Å². The Morgan fingerprint density at radius 3 is 2.25 bits per heavy atom. The molecule has 0 saturated carbocycles. The number of aryl methyl sites for hydroxylation is 1. The SMILES string of the molecule is O=C(CCCc1ccccc1)N1CCN(c2ccc(Cl)cc2)CC1. The maximum atomic E-state index is 12.4. The third-order valence-corrected chi connectivity index (χ3v) is 4.78. The van der Waals surface area contributed by atoms with Crippen LogP contribution in [0.1, 0.15) is 18.4 Å². The molecule has 3 nitrogen and oxygen atoms in total. The number of hydrogen-bond donors (Lipinski definition) is 0. The number of benzene rings is 2. The molecule has 0 unspecified atom stereocenters. The van der Waals surface area contributed by atoms with Gasteiger partial charge in [-0.2, -0.15) is 0 Å². The monoisotopic (exact) mass is 342 g/mol. The third-order valence-electron chi connectivity index (χ3n) is 4.52. The molecule has 0 bridgehead atoms. The summed E-state index contributed by atoms with van der Waals surface area (Å²) < 4.78 is 0. The summed E-state index contributed by atoms with van der Waals surface area (Å²) in [6, 6.07) is 18.3. The van der Waals surface area contributed by atoms with Gasteiger partial charge in [-0.05, 0) is 42.7 Å². The van der Waals surface area contributed by atoms with Crippen LogP contribution in [0.25, 0.3) is 0 Å². The van der Waals surface area contributed by atoms with Crippen LogP contribution in [0.2, 0.25) is 5.02 Å². The van der Waals surface area contributed by atoms with Gasteiger partial charge in [-0.1, -0.05) is 41.9 Å². The van der Waals surface area contributed by atoms with Gasteiger partial charge in [-0.3, -0.25) is 4.79 Å². The second kappa shape index (κ2) is 8.20.